The molecule has 0 saturated heterocycles. The summed E-state index contributed by atoms with van der Waals surface area (Å²) in [5.74, 6) is -0.586. The van der Waals surface area contributed by atoms with Gasteiger partial charge in [0, 0.05) is 23.9 Å². The Morgan fingerprint density at radius 1 is 1.53 bits per heavy atom. The van der Waals surface area contributed by atoms with Crippen LogP contribution in [0, 0.1) is 0 Å². The van der Waals surface area contributed by atoms with Crippen molar-refractivity contribution in [1.82, 2.24) is 14.8 Å². The highest BCUT2D eigenvalue weighted by Gasteiger charge is 2.16. The molecule has 0 aliphatic rings. The first kappa shape index (κ1) is 11.9. The average Bonchev–Trinajstić information content (AvgIpc) is 2.68. The topological polar surface area (TPSA) is 88.2 Å². The van der Waals surface area contributed by atoms with Crippen LogP contribution < -0.4 is 0 Å². The lowest BCUT2D eigenvalue weighted by atomic mass is 10.2. The minimum atomic E-state index is -1.02. The maximum absolute atomic E-state index is 11.1. The number of fused-ring (bicyclic) bond motifs is 1. The zero-order valence-corrected chi connectivity index (χ0v) is 9.94. The number of rotatable bonds is 4. The molecular weight excluding hydrogens is 242 g/mol. The third-order valence-corrected chi connectivity index (χ3v) is 3.40. The highest BCUT2D eigenvalue weighted by molar-refractivity contribution is 7.99. The third-order valence-electron chi connectivity index (χ3n) is 2.28. The molecule has 0 amide bonds. The van der Waals surface area contributed by atoms with Crippen LogP contribution in [0.5, 0.6) is 0 Å². The van der Waals surface area contributed by atoms with E-state index in [1.54, 1.807) is 17.9 Å². The van der Waals surface area contributed by atoms with E-state index in [0.29, 0.717) is 21.7 Å². The van der Waals surface area contributed by atoms with Crippen LogP contribution in [0.15, 0.2) is 17.3 Å². The van der Waals surface area contributed by atoms with Crippen molar-refractivity contribution in [2.24, 2.45) is 7.05 Å². The fourth-order valence-electron chi connectivity index (χ4n) is 1.53. The second-order valence-corrected chi connectivity index (χ2v) is 4.49. The Bertz CT molecular complexity index is 567. The van der Waals surface area contributed by atoms with Crippen LogP contribution in [0.2, 0.25) is 0 Å². The number of carbonyl (C=O) groups is 1. The molecule has 0 radical (unpaired) electrons. The summed E-state index contributed by atoms with van der Waals surface area (Å²) in [6.07, 6.45) is 2.92. The Labute approximate surface area is 101 Å². The van der Waals surface area contributed by atoms with E-state index in [0.717, 1.165) is 0 Å². The number of pyridine rings is 1. The first-order valence-corrected chi connectivity index (χ1v) is 5.91. The van der Waals surface area contributed by atoms with Gasteiger partial charge in [-0.05, 0) is 0 Å². The molecule has 2 N–H and O–H groups in total. The molecule has 0 aliphatic carbocycles. The summed E-state index contributed by atoms with van der Waals surface area (Å²) in [7, 11) is 1.75. The molecule has 7 heteroatoms. The molecule has 0 fully saturated rings. The van der Waals surface area contributed by atoms with Gasteiger partial charge in [0.25, 0.3) is 0 Å². The van der Waals surface area contributed by atoms with Crippen molar-refractivity contribution >= 4 is 28.8 Å². The van der Waals surface area contributed by atoms with Crippen molar-refractivity contribution < 1.29 is 15.0 Å². The van der Waals surface area contributed by atoms with Crippen LogP contribution in [0.1, 0.15) is 10.4 Å². The molecule has 0 atom stereocenters. The number of aromatic nitrogens is 3. The van der Waals surface area contributed by atoms with E-state index in [9.17, 15) is 4.79 Å². The highest BCUT2D eigenvalue weighted by Crippen LogP contribution is 2.29. The summed E-state index contributed by atoms with van der Waals surface area (Å²) in [6, 6.07) is 0. The second kappa shape index (κ2) is 4.72. The van der Waals surface area contributed by atoms with Crippen molar-refractivity contribution in [3.63, 3.8) is 0 Å². The minimum Gasteiger partial charge on any atom is -0.478 e. The molecule has 0 unspecified atom stereocenters. The quantitative estimate of drug-likeness (QED) is 0.782. The summed E-state index contributed by atoms with van der Waals surface area (Å²) >= 11 is 1.29. The molecule has 2 aromatic heterocycles. The van der Waals surface area contributed by atoms with E-state index < -0.39 is 5.97 Å². The molecule has 2 rings (SSSR count). The SMILES string of the molecule is Cn1ncc2c(SCCO)c(C(=O)O)cnc21. The normalized spacial score (nSPS) is 10.9. The molecule has 0 aromatic carbocycles. The summed E-state index contributed by atoms with van der Waals surface area (Å²) in [5, 5.41) is 22.7. The van der Waals surface area contributed by atoms with Crippen molar-refractivity contribution in [1.29, 1.82) is 0 Å². The van der Waals surface area contributed by atoms with E-state index >= 15 is 0 Å². The lowest BCUT2D eigenvalue weighted by Crippen LogP contribution is -2.02. The summed E-state index contributed by atoms with van der Waals surface area (Å²) in [6.45, 7) is -0.00615. The number of aromatic carboxylic acids is 1. The van der Waals surface area contributed by atoms with Crippen LogP contribution in [-0.2, 0) is 7.05 Å². The Kier molecular flexibility index (Phi) is 3.30. The van der Waals surface area contributed by atoms with Gasteiger partial charge in [-0.3, -0.25) is 4.68 Å². The van der Waals surface area contributed by atoms with Gasteiger partial charge in [-0.25, -0.2) is 9.78 Å². The van der Waals surface area contributed by atoms with Crippen molar-refractivity contribution in [2.45, 2.75) is 4.90 Å². The third kappa shape index (κ3) is 2.11. The summed E-state index contributed by atoms with van der Waals surface area (Å²) in [4.78, 5) is 15.8. The number of carboxylic acid groups (broad SMARTS) is 1. The van der Waals surface area contributed by atoms with Gasteiger partial charge in [0.15, 0.2) is 5.65 Å². The number of thioether (sulfide) groups is 1. The first-order valence-electron chi connectivity index (χ1n) is 4.92. The summed E-state index contributed by atoms with van der Waals surface area (Å²) < 4.78 is 1.59. The lowest BCUT2D eigenvalue weighted by Gasteiger charge is -2.05. The van der Waals surface area contributed by atoms with Crippen molar-refractivity contribution in [3.05, 3.63) is 18.0 Å². The Balaban J connectivity index is 2.62. The van der Waals surface area contributed by atoms with Crippen LogP contribution >= 0.6 is 11.8 Å². The van der Waals surface area contributed by atoms with Gasteiger partial charge in [0.2, 0.25) is 0 Å². The van der Waals surface area contributed by atoms with Crippen molar-refractivity contribution in [2.75, 3.05) is 12.4 Å². The summed E-state index contributed by atoms with van der Waals surface area (Å²) in [5.41, 5.74) is 0.777. The smallest absolute Gasteiger partial charge is 0.338 e. The maximum Gasteiger partial charge on any atom is 0.338 e. The zero-order chi connectivity index (χ0) is 12.4. The molecule has 2 aromatic rings. The lowest BCUT2D eigenvalue weighted by molar-refractivity contribution is 0.0693. The molecule has 0 bridgehead atoms. The molecular formula is C10H11N3O3S. The maximum atomic E-state index is 11.1. The molecule has 90 valence electrons. The average molecular weight is 253 g/mol. The van der Waals surface area contributed by atoms with E-state index in [1.807, 2.05) is 0 Å². The number of nitrogens with zero attached hydrogens (tertiary/aromatic N) is 3. The number of carboxylic acids is 1. The fourth-order valence-corrected chi connectivity index (χ4v) is 2.42. The first-order chi connectivity index (χ1) is 8.15. The predicted octanol–water partition coefficient (Wildman–Crippen LogP) is 0.751. The largest absolute Gasteiger partial charge is 0.478 e. The standard InChI is InChI=1S/C10H11N3O3S/c1-13-9-6(5-12-13)8(17-3-2-14)7(4-11-9)10(15)16/h4-5,14H,2-3H2,1H3,(H,15,16). The minimum absolute atomic E-state index is 0.00615. The Morgan fingerprint density at radius 3 is 2.94 bits per heavy atom. The molecule has 0 spiro atoms. The van der Waals surface area contributed by atoms with Crippen molar-refractivity contribution in [3.8, 4) is 0 Å². The number of aryl methyl sites for hydroxylation is 1. The number of hydrogen-bond acceptors (Lipinski definition) is 5. The fraction of sp³-hybridized carbons (Fsp3) is 0.300. The molecule has 6 nitrogen and oxygen atoms in total. The Hall–Kier alpha value is -1.60. The highest BCUT2D eigenvalue weighted by atomic mass is 32.2. The number of aliphatic hydroxyl groups excluding tert-OH is 1. The van der Waals surface area contributed by atoms with Gasteiger partial charge in [0.1, 0.15) is 0 Å². The predicted molar refractivity (Wildman–Crippen MR) is 63.3 cm³/mol. The zero-order valence-electron chi connectivity index (χ0n) is 9.12. The van der Waals surface area contributed by atoms with Gasteiger partial charge >= 0.3 is 5.97 Å². The molecule has 0 saturated carbocycles. The van der Waals surface area contributed by atoms with Gasteiger partial charge in [0.05, 0.1) is 23.8 Å². The monoisotopic (exact) mass is 253 g/mol. The molecule has 2 heterocycles. The van der Waals surface area contributed by atoms with E-state index in [2.05, 4.69) is 10.1 Å². The number of aliphatic hydroxyl groups is 1. The van der Waals surface area contributed by atoms with Crippen LogP contribution in [0.3, 0.4) is 0 Å². The molecule has 17 heavy (non-hydrogen) atoms. The Morgan fingerprint density at radius 2 is 2.29 bits per heavy atom. The van der Waals surface area contributed by atoms with E-state index in [-0.39, 0.29) is 12.2 Å². The van der Waals surface area contributed by atoms with Crippen LogP contribution in [-0.4, -0.2) is 43.3 Å². The van der Waals surface area contributed by atoms with E-state index in [1.165, 1.54) is 18.0 Å². The molecule has 0 aliphatic heterocycles. The van der Waals surface area contributed by atoms with Gasteiger partial charge in [-0.2, -0.15) is 5.10 Å². The van der Waals surface area contributed by atoms with Gasteiger partial charge in [-0.1, -0.05) is 0 Å². The van der Waals surface area contributed by atoms with E-state index in [4.69, 9.17) is 10.2 Å². The van der Waals surface area contributed by atoms with Gasteiger partial charge < -0.3 is 10.2 Å². The number of hydrogen-bond donors (Lipinski definition) is 2. The van der Waals surface area contributed by atoms with Crippen LogP contribution in [0.4, 0.5) is 0 Å². The van der Waals surface area contributed by atoms with Crippen LogP contribution in [0.25, 0.3) is 11.0 Å². The van der Waals surface area contributed by atoms with Gasteiger partial charge in [-0.15, -0.1) is 11.8 Å². The second-order valence-electron chi connectivity index (χ2n) is 3.38.